The highest BCUT2D eigenvalue weighted by Crippen LogP contribution is 2.33. The van der Waals surface area contributed by atoms with Crippen LogP contribution in [0.1, 0.15) is 24.6 Å². The summed E-state index contributed by atoms with van der Waals surface area (Å²) >= 11 is 7.86. The number of fused-ring (bicyclic) bond motifs is 2. The van der Waals surface area contributed by atoms with Crippen LogP contribution in [-0.2, 0) is 6.54 Å². The Morgan fingerprint density at radius 2 is 1.79 bits per heavy atom. The lowest BCUT2D eigenvalue weighted by molar-refractivity contribution is 0.201. The number of likely N-dealkylation sites (tertiary alicyclic amines) is 1. The molecule has 1 saturated heterocycles. The standard InChI is InChI=1S/C24H22ClN7OS/c25-19-7-3-1-5-17(19)22-29-32-21(27-28-24(32)34-22)16-9-11-30(12-10-16)13-14-31-15-26-20-8-4-2-6-18(20)23(31)33/h1-8,15-16H,9-14H2. The van der Waals surface area contributed by atoms with Crippen molar-refractivity contribution in [1.82, 2.24) is 34.3 Å². The number of hydrogen-bond acceptors (Lipinski definition) is 7. The third kappa shape index (κ3) is 3.89. The number of piperidine rings is 1. The topological polar surface area (TPSA) is 81.2 Å². The molecule has 0 bridgehead atoms. The van der Waals surface area contributed by atoms with Gasteiger partial charge in [-0.25, -0.2) is 4.98 Å². The Labute approximate surface area is 204 Å². The van der Waals surface area contributed by atoms with Crippen LogP contribution in [0.4, 0.5) is 0 Å². The first-order chi connectivity index (χ1) is 16.7. The van der Waals surface area contributed by atoms with Gasteiger partial charge in [0, 0.05) is 24.6 Å². The Bertz CT molecular complexity index is 1530. The summed E-state index contributed by atoms with van der Waals surface area (Å²) in [6.07, 6.45) is 3.61. The maximum absolute atomic E-state index is 12.7. The zero-order valence-electron chi connectivity index (χ0n) is 18.3. The normalized spacial score (nSPS) is 15.4. The Kier molecular flexibility index (Phi) is 5.60. The first-order valence-corrected chi connectivity index (χ1v) is 12.5. The second kappa shape index (κ2) is 8.90. The van der Waals surface area contributed by atoms with Gasteiger partial charge in [-0.05, 0) is 44.1 Å². The highest BCUT2D eigenvalue weighted by Gasteiger charge is 2.26. The van der Waals surface area contributed by atoms with Crippen molar-refractivity contribution in [3.05, 3.63) is 76.1 Å². The number of aromatic nitrogens is 6. The molecule has 1 aliphatic rings. The van der Waals surface area contributed by atoms with Gasteiger partial charge < -0.3 is 4.90 Å². The fraction of sp³-hybridized carbons (Fsp3) is 0.292. The molecular formula is C24H22ClN7OS. The molecule has 0 amide bonds. The smallest absolute Gasteiger partial charge is 0.261 e. The molecule has 5 aromatic rings. The summed E-state index contributed by atoms with van der Waals surface area (Å²) in [5.74, 6) is 1.22. The van der Waals surface area contributed by atoms with Gasteiger partial charge in [0.1, 0.15) is 5.01 Å². The molecule has 172 valence electrons. The van der Waals surface area contributed by atoms with E-state index in [0.29, 0.717) is 22.9 Å². The van der Waals surface area contributed by atoms with E-state index in [2.05, 4.69) is 20.1 Å². The second-order valence-corrected chi connectivity index (χ2v) is 9.88. The van der Waals surface area contributed by atoms with Gasteiger partial charge in [0.2, 0.25) is 4.96 Å². The summed E-state index contributed by atoms with van der Waals surface area (Å²) in [6, 6.07) is 15.2. The highest BCUT2D eigenvalue weighted by molar-refractivity contribution is 7.19. The van der Waals surface area contributed by atoms with E-state index in [1.54, 1.807) is 10.9 Å². The molecule has 0 atom stereocenters. The molecule has 1 fully saturated rings. The minimum absolute atomic E-state index is 0.0178. The van der Waals surface area contributed by atoms with Gasteiger partial charge in [-0.15, -0.1) is 10.2 Å². The van der Waals surface area contributed by atoms with E-state index < -0.39 is 0 Å². The summed E-state index contributed by atoms with van der Waals surface area (Å²) in [7, 11) is 0. The molecule has 0 saturated carbocycles. The van der Waals surface area contributed by atoms with Gasteiger partial charge in [-0.2, -0.15) is 9.61 Å². The number of halogens is 1. The number of rotatable bonds is 5. The van der Waals surface area contributed by atoms with Crippen molar-refractivity contribution < 1.29 is 0 Å². The molecule has 2 aromatic carbocycles. The summed E-state index contributed by atoms with van der Waals surface area (Å²) < 4.78 is 3.59. The van der Waals surface area contributed by atoms with E-state index >= 15 is 0 Å². The number of hydrogen-bond donors (Lipinski definition) is 0. The Morgan fingerprint density at radius 1 is 1.00 bits per heavy atom. The van der Waals surface area contributed by atoms with Crippen LogP contribution in [0.25, 0.3) is 26.4 Å². The van der Waals surface area contributed by atoms with Crippen LogP contribution in [0.15, 0.2) is 59.7 Å². The Hall–Kier alpha value is -3.14. The van der Waals surface area contributed by atoms with Crippen molar-refractivity contribution >= 4 is 38.8 Å². The molecule has 0 aliphatic carbocycles. The predicted molar refractivity (Wildman–Crippen MR) is 134 cm³/mol. The SMILES string of the molecule is O=c1c2ccccc2ncn1CCN1CCC(c2nnc3sc(-c4ccccc4Cl)nn23)CC1. The number of benzene rings is 2. The van der Waals surface area contributed by atoms with Crippen LogP contribution in [0.3, 0.4) is 0 Å². The van der Waals surface area contributed by atoms with Crippen molar-refractivity contribution in [2.24, 2.45) is 0 Å². The average molecular weight is 492 g/mol. The average Bonchev–Trinajstić information content (AvgIpc) is 3.46. The molecule has 0 N–H and O–H groups in total. The third-order valence-electron chi connectivity index (χ3n) is 6.46. The molecule has 0 spiro atoms. The van der Waals surface area contributed by atoms with Crippen molar-refractivity contribution in [1.29, 1.82) is 0 Å². The third-order valence-corrected chi connectivity index (χ3v) is 7.72. The summed E-state index contributed by atoms with van der Waals surface area (Å²) in [6.45, 7) is 3.33. The van der Waals surface area contributed by atoms with Gasteiger partial charge in [0.15, 0.2) is 5.82 Å². The summed E-state index contributed by atoms with van der Waals surface area (Å²) in [5, 5.41) is 15.8. The van der Waals surface area contributed by atoms with E-state index in [0.717, 1.165) is 59.3 Å². The highest BCUT2D eigenvalue weighted by atomic mass is 35.5. The molecular weight excluding hydrogens is 470 g/mol. The molecule has 10 heteroatoms. The molecule has 6 rings (SSSR count). The predicted octanol–water partition coefficient (Wildman–Crippen LogP) is 4.10. The fourth-order valence-corrected chi connectivity index (χ4v) is 5.73. The zero-order chi connectivity index (χ0) is 23.1. The maximum Gasteiger partial charge on any atom is 0.261 e. The van der Waals surface area contributed by atoms with Crippen molar-refractivity contribution in [3.8, 4) is 10.6 Å². The quantitative estimate of drug-likeness (QED) is 0.368. The maximum atomic E-state index is 12.7. The largest absolute Gasteiger partial charge is 0.302 e. The van der Waals surface area contributed by atoms with Crippen LogP contribution in [0.2, 0.25) is 5.02 Å². The first kappa shape index (κ1) is 21.4. The minimum Gasteiger partial charge on any atom is -0.302 e. The van der Waals surface area contributed by atoms with E-state index in [1.165, 1.54) is 11.3 Å². The Balaban J connectivity index is 1.13. The van der Waals surface area contributed by atoms with Gasteiger partial charge in [0.05, 0.1) is 22.3 Å². The van der Waals surface area contributed by atoms with E-state index in [1.807, 2.05) is 53.0 Å². The molecule has 4 heterocycles. The van der Waals surface area contributed by atoms with Crippen LogP contribution in [0.5, 0.6) is 0 Å². The fourth-order valence-electron chi connectivity index (χ4n) is 4.56. The lowest BCUT2D eigenvalue weighted by Crippen LogP contribution is -2.37. The second-order valence-electron chi connectivity index (χ2n) is 8.52. The van der Waals surface area contributed by atoms with Crippen molar-refractivity contribution in [3.63, 3.8) is 0 Å². The molecule has 0 unspecified atom stereocenters. The summed E-state index contributed by atoms with van der Waals surface area (Å²) in [5.41, 5.74) is 1.67. The first-order valence-electron chi connectivity index (χ1n) is 11.3. The van der Waals surface area contributed by atoms with Gasteiger partial charge in [-0.3, -0.25) is 9.36 Å². The number of para-hydroxylation sites is 1. The molecule has 34 heavy (non-hydrogen) atoms. The lowest BCUT2D eigenvalue weighted by atomic mass is 9.96. The van der Waals surface area contributed by atoms with Crippen LogP contribution >= 0.6 is 22.9 Å². The van der Waals surface area contributed by atoms with Gasteiger partial charge in [0.25, 0.3) is 5.56 Å². The van der Waals surface area contributed by atoms with Crippen LogP contribution in [-0.4, -0.2) is 53.9 Å². The van der Waals surface area contributed by atoms with Crippen LogP contribution in [0, 0.1) is 0 Å². The van der Waals surface area contributed by atoms with E-state index in [4.69, 9.17) is 16.7 Å². The molecule has 1 aliphatic heterocycles. The Morgan fingerprint density at radius 3 is 2.65 bits per heavy atom. The monoisotopic (exact) mass is 491 g/mol. The minimum atomic E-state index is 0.0178. The van der Waals surface area contributed by atoms with Gasteiger partial charge >= 0.3 is 0 Å². The van der Waals surface area contributed by atoms with E-state index in [9.17, 15) is 4.79 Å². The van der Waals surface area contributed by atoms with Crippen molar-refractivity contribution in [2.75, 3.05) is 19.6 Å². The number of nitrogens with zero attached hydrogens (tertiary/aromatic N) is 7. The molecule has 0 radical (unpaired) electrons. The van der Waals surface area contributed by atoms with Crippen LogP contribution < -0.4 is 5.56 Å². The molecule has 3 aromatic heterocycles. The zero-order valence-corrected chi connectivity index (χ0v) is 19.9. The van der Waals surface area contributed by atoms with E-state index in [-0.39, 0.29) is 5.56 Å². The molecule has 8 nitrogen and oxygen atoms in total. The summed E-state index contributed by atoms with van der Waals surface area (Å²) in [4.78, 5) is 20.3. The van der Waals surface area contributed by atoms with Crippen molar-refractivity contribution in [2.45, 2.75) is 25.3 Å². The lowest BCUT2D eigenvalue weighted by Gasteiger charge is -2.30. The van der Waals surface area contributed by atoms with Gasteiger partial charge in [-0.1, -0.05) is 53.3 Å².